The van der Waals surface area contributed by atoms with E-state index in [-0.39, 0.29) is 11.6 Å². The Morgan fingerprint density at radius 3 is 2.76 bits per heavy atom. The minimum Gasteiger partial charge on any atom is -0.480 e. The summed E-state index contributed by atoms with van der Waals surface area (Å²) in [4.78, 5) is 16.8. The molecule has 2 N–H and O–H groups in total. The quantitative estimate of drug-likeness (QED) is 0.687. The first-order chi connectivity index (χ1) is 7.87. The van der Waals surface area contributed by atoms with Crippen molar-refractivity contribution in [3.63, 3.8) is 0 Å². The number of H-pyrrole nitrogens is 1. The second-order valence-corrected chi connectivity index (χ2v) is 5.11. The van der Waals surface area contributed by atoms with Crippen molar-refractivity contribution in [3.8, 4) is 12.3 Å². The average Bonchev–Trinajstić information content (AvgIpc) is 2.64. The first kappa shape index (κ1) is 13.2. The van der Waals surface area contributed by atoms with Crippen molar-refractivity contribution in [1.29, 1.82) is 0 Å². The molecule has 0 saturated heterocycles. The molecule has 92 valence electrons. The second-order valence-electron chi connectivity index (χ2n) is 3.20. The van der Waals surface area contributed by atoms with Crippen molar-refractivity contribution in [1.82, 2.24) is 14.3 Å². The Kier molecular flexibility index (Phi) is 3.88. The fourth-order valence-electron chi connectivity index (χ4n) is 1.15. The van der Waals surface area contributed by atoms with Gasteiger partial charge in [0.15, 0.2) is 5.03 Å². The number of aryl methyl sites for hydroxylation is 1. The zero-order valence-electron chi connectivity index (χ0n) is 9.04. The van der Waals surface area contributed by atoms with Crippen molar-refractivity contribution in [2.24, 2.45) is 0 Å². The maximum Gasteiger partial charge on any atom is 0.318 e. The van der Waals surface area contributed by atoms with Crippen LogP contribution in [0.15, 0.2) is 11.2 Å². The van der Waals surface area contributed by atoms with Crippen LogP contribution in [0.1, 0.15) is 5.82 Å². The minimum atomic E-state index is -3.95. The van der Waals surface area contributed by atoms with Crippen LogP contribution in [0.25, 0.3) is 0 Å². The van der Waals surface area contributed by atoms with Gasteiger partial charge in [-0.3, -0.25) is 4.79 Å². The Labute approximate surface area is 98.5 Å². The molecular formula is C9H11N3O4S. The van der Waals surface area contributed by atoms with Crippen LogP contribution in [0.3, 0.4) is 0 Å². The number of nitrogens with one attached hydrogen (secondary N) is 1. The van der Waals surface area contributed by atoms with Crippen molar-refractivity contribution in [2.45, 2.75) is 11.9 Å². The van der Waals surface area contributed by atoms with Crippen molar-refractivity contribution < 1.29 is 18.3 Å². The van der Waals surface area contributed by atoms with E-state index in [2.05, 4.69) is 15.9 Å². The molecule has 0 unspecified atom stereocenters. The molecule has 1 aromatic heterocycles. The van der Waals surface area contributed by atoms with Gasteiger partial charge >= 0.3 is 5.97 Å². The lowest BCUT2D eigenvalue weighted by Gasteiger charge is -2.16. The van der Waals surface area contributed by atoms with Gasteiger partial charge in [-0.05, 0) is 6.92 Å². The highest BCUT2D eigenvalue weighted by molar-refractivity contribution is 7.89. The third-order valence-electron chi connectivity index (χ3n) is 1.88. The number of aromatic nitrogens is 2. The molecule has 0 radical (unpaired) electrons. The molecule has 0 spiro atoms. The van der Waals surface area contributed by atoms with Gasteiger partial charge in [-0.25, -0.2) is 13.4 Å². The number of terminal acetylenes is 1. The van der Waals surface area contributed by atoms with Crippen molar-refractivity contribution >= 4 is 16.0 Å². The monoisotopic (exact) mass is 257 g/mol. The predicted molar refractivity (Wildman–Crippen MR) is 58.6 cm³/mol. The highest BCUT2D eigenvalue weighted by Gasteiger charge is 2.27. The van der Waals surface area contributed by atoms with E-state index >= 15 is 0 Å². The van der Waals surface area contributed by atoms with E-state index in [1.165, 1.54) is 0 Å². The van der Waals surface area contributed by atoms with Crippen molar-refractivity contribution in [2.75, 3.05) is 13.1 Å². The van der Waals surface area contributed by atoms with E-state index < -0.39 is 22.5 Å². The Balaban J connectivity index is 3.09. The molecule has 17 heavy (non-hydrogen) atoms. The topological polar surface area (TPSA) is 103 Å². The molecule has 0 aliphatic rings. The fourth-order valence-corrected chi connectivity index (χ4v) is 2.41. The van der Waals surface area contributed by atoms with Crippen LogP contribution in [0.2, 0.25) is 0 Å². The summed E-state index contributed by atoms with van der Waals surface area (Å²) in [5, 5.41) is 8.45. The first-order valence-electron chi connectivity index (χ1n) is 4.55. The molecule has 0 aliphatic heterocycles. The van der Waals surface area contributed by atoms with Gasteiger partial charge in [0, 0.05) is 0 Å². The summed E-state index contributed by atoms with van der Waals surface area (Å²) in [6, 6.07) is 0. The summed E-state index contributed by atoms with van der Waals surface area (Å²) < 4.78 is 24.6. The Hall–Kier alpha value is -1.85. The van der Waals surface area contributed by atoms with E-state index in [0.717, 1.165) is 6.20 Å². The van der Waals surface area contributed by atoms with E-state index in [1.807, 2.05) is 0 Å². The number of hydrogen-bond acceptors (Lipinski definition) is 4. The summed E-state index contributed by atoms with van der Waals surface area (Å²) in [7, 11) is -3.95. The zero-order chi connectivity index (χ0) is 13.1. The predicted octanol–water partition coefficient (Wildman–Crippen LogP) is -0.573. The number of carboxylic acid groups (broad SMARTS) is 1. The molecular weight excluding hydrogens is 246 g/mol. The third-order valence-corrected chi connectivity index (χ3v) is 3.58. The fraction of sp³-hybridized carbons (Fsp3) is 0.333. The van der Waals surface area contributed by atoms with Crippen LogP contribution in [-0.2, 0) is 14.8 Å². The lowest BCUT2D eigenvalue weighted by molar-refractivity contribution is -0.137. The number of carboxylic acids is 1. The summed E-state index contributed by atoms with van der Waals surface area (Å²) in [6.45, 7) is 0.582. The van der Waals surface area contributed by atoms with E-state index in [4.69, 9.17) is 11.5 Å². The van der Waals surface area contributed by atoms with Crippen LogP contribution in [0, 0.1) is 19.3 Å². The van der Waals surface area contributed by atoms with Gasteiger partial charge in [0.25, 0.3) is 10.0 Å². The van der Waals surface area contributed by atoms with Crippen molar-refractivity contribution in [3.05, 3.63) is 12.0 Å². The van der Waals surface area contributed by atoms with Crippen LogP contribution in [-0.4, -0.2) is 46.9 Å². The van der Waals surface area contributed by atoms with Crippen LogP contribution in [0.4, 0.5) is 0 Å². The minimum absolute atomic E-state index is 0.175. The molecule has 1 aromatic rings. The van der Waals surface area contributed by atoms with Crippen LogP contribution >= 0.6 is 0 Å². The molecule has 0 bridgehead atoms. The Morgan fingerprint density at radius 1 is 1.71 bits per heavy atom. The zero-order valence-corrected chi connectivity index (χ0v) is 9.86. The van der Waals surface area contributed by atoms with E-state index in [1.54, 1.807) is 6.92 Å². The number of nitrogens with zero attached hydrogens (tertiary/aromatic N) is 2. The molecule has 0 aliphatic carbocycles. The van der Waals surface area contributed by atoms with Gasteiger partial charge in [-0.2, -0.15) is 4.31 Å². The maximum atomic E-state index is 12.0. The summed E-state index contributed by atoms with van der Waals surface area (Å²) >= 11 is 0. The molecule has 7 nitrogen and oxygen atoms in total. The molecule has 0 atom stereocenters. The number of carbonyl (C=O) groups is 1. The van der Waals surface area contributed by atoms with Gasteiger partial charge in [-0.15, -0.1) is 6.42 Å². The number of imidazole rings is 1. The van der Waals surface area contributed by atoms with E-state index in [9.17, 15) is 13.2 Å². The molecule has 0 saturated carbocycles. The normalized spacial score (nSPS) is 11.4. The Morgan fingerprint density at radius 2 is 2.35 bits per heavy atom. The lowest BCUT2D eigenvalue weighted by Crippen LogP contribution is -2.36. The van der Waals surface area contributed by atoms with Crippen LogP contribution in [0.5, 0.6) is 0 Å². The number of aliphatic carboxylic acids is 1. The molecule has 8 heteroatoms. The third kappa shape index (κ3) is 3.05. The molecule has 0 amide bonds. The molecule has 1 rings (SSSR count). The highest BCUT2D eigenvalue weighted by Crippen LogP contribution is 2.12. The standard InChI is InChI=1S/C9H11N3O4S/c1-3-4-12(6-9(13)14)17(15,16)8-5-10-7(2)11-8/h1,5H,4,6H2,2H3,(H,10,11)(H,13,14). The first-order valence-corrected chi connectivity index (χ1v) is 5.99. The van der Waals surface area contributed by atoms with Gasteiger partial charge in [-0.1, -0.05) is 5.92 Å². The SMILES string of the molecule is C#CCN(CC(=O)O)S(=O)(=O)c1cnc(C)[nH]1. The van der Waals surface area contributed by atoms with E-state index in [0.29, 0.717) is 10.1 Å². The molecule has 0 fully saturated rings. The maximum absolute atomic E-state index is 12.0. The van der Waals surface area contributed by atoms with Crippen LogP contribution < -0.4 is 0 Å². The summed E-state index contributed by atoms with van der Waals surface area (Å²) in [5.41, 5.74) is 0. The van der Waals surface area contributed by atoms with Gasteiger partial charge in [0.1, 0.15) is 12.4 Å². The highest BCUT2D eigenvalue weighted by atomic mass is 32.2. The lowest BCUT2D eigenvalue weighted by atomic mass is 10.6. The second kappa shape index (κ2) is 4.99. The smallest absolute Gasteiger partial charge is 0.318 e. The number of sulfonamides is 1. The summed E-state index contributed by atoms with van der Waals surface area (Å²) in [6.07, 6.45) is 6.13. The van der Waals surface area contributed by atoms with Gasteiger partial charge in [0.05, 0.1) is 12.7 Å². The molecule has 0 aromatic carbocycles. The largest absolute Gasteiger partial charge is 0.480 e. The summed E-state index contributed by atoms with van der Waals surface area (Å²) in [5.74, 6) is 1.24. The van der Waals surface area contributed by atoms with Gasteiger partial charge in [0.2, 0.25) is 0 Å². The van der Waals surface area contributed by atoms with Gasteiger partial charge < -0.3 is 10.1 Å². The number of hydrogen-bond donors (Lipinski definition) is 2. The number of aromatic amines is 1. The Bertz CT molecular complexity index is 555. The molecule has 1 heterocycles. The number of rotatable bonds is 5. The average molecular weight is 257 g/mol.